The molecule has 0 aliphatic rings. The summed E-state index contributed by atoms with van der Waals surface area (Å²) in [4.78, 5) is 23.5. The predicted molar refractivity (Wildman–Crippen MR) is 97.7 cm³/mol. The van der Waals surface area contributed by atoms with E-state index in [9.17, 15) is 9.59 Å². The topological polar surface area (TPSA) is 131 Å². The Hall–Kier alpha value is -3.35. The van der Waals surface area contributed by atoms with E-state index in [-0.39, 0.29) is 12.2 Å². The van der Waals surface area contributed by atoms with Crippen LogP contribution in [-0.4, -0.2) is 23.2 Å². The van der Waals surface area contributed by atoms with Crippen molar-refractivity contribution in [3.8, 4) is 0 Å². The first-order valence-electron chi connectivity index (χ1n) is 7.66. The zero-order valence-electron chi connectivity index (χ0n) is 13.8. The average molecular weight is 340 g/mol. The lowest BCUT2D eigenvalue weighted by Gasteiger charge is -2.12. The molecule has 2 aromatic rings. The number of nitrogens with one attached hydrogen (secondary N) is 1. The molecule has 130 valence electrons. The van der Waals surface area contributed by atoms with E-state index in [0.29, 0.717) is 28.9 Å². The lowest BCUT2D eigenvalue weighted by molar-refractivity contribution is -0.136. The molecule has 6 N–H and O–H groups in total. The monoisotopic (exact) mass is 340 g/mol. The molecule has 2 rings (SSSR count). The van der Waals surface area contributed by atoms with Crippen molar-refractivity contribution >= 4 is 29.5 Å². The molecule has 0 saturated heterocycles. The Morgan fingerprint density at radius 3 is 2.72 bits per heavy atom. The summed E-state index contributed by atoms with van der Waals surface area (Å²) in [6.45, 7) is 1.79. The Labute approximate surface area is 145 Å². The normalized spacial score (nSPS) is 10.8. The minimum Gasteiger partial charge on any atom is -0.481 e. The van der Waals surface area contributed by atoms with Gasteiger partial charge in [-0.2, -0.15) is 5.10 Å². The maximum atomic E-state index is 12.8. The summed E-state index contributed by atoms with van der Waals surface area (Å²) in [7, 11) is 0. The summed E-state index contributed by atoms with van der Waals surface area (Å²) in [5, 5.41) is 15.0. The molecule has 0 fully saturated rings. The van der Waals surface area contributed by atoms with Crippen LogP contribution in [-0.2, 0) is 11.2 Å². The van der Waals surface area contributed by atoms with E-state index in [1.165, 1.54) is 6.34 Å². The molecule has 2 aromatic carbocycles. The van der Waals surface area contributed by atoms with Crippen molar-refractivity contribution < 1.29 is 14.7 Å². The van der Waals surface area contributed by atoms with Crippen molar-refractivity contribution in [3.05, 3.63) is 58.7 Å². The van der Waals surface area contributed by atoms with Gasteiger partial charge in [-0.05, 0) is 42.7 Å². The molecule has 7 heteroatoms. The highest BCUT2D eigenvalue weighted by Crippen LogP contribution is 2.25. The highest BCUT2D eigenvalue weighted by atomic mass is 16.4. The summed E-state index contributed by atoms with van der Waals surface area (Å²) >= 11 is 0. The number of hydrogen-bond donors (Lipinski definition) is 4. The standard InChI is InChI=1S/C18H20N4O3/c1-11-12(6-8-16(23)24)5-7-15(17(11)19)18(25)13-3-2-4-14(9-13)21-10-22-20/h2-5,7,9-10H,6,8,19-20H2,1H3,(H,21,22)(H,23,24). The third-order valence-corrected chi connectivity index (χ3v) is 3.91. The van der Waals surface area contributed by atoms with Crippen LogP contribution in [0, 0.1) is 6.92 Å². The molecule has 0 aliphatic heterocycles. The first-order chi connectivity index (χ1) is 11.9. The Morgan fingerprint density at radius 1 is 1.28 bits per heavy atom. The van der Waals surface area contributed by atoms with Gasteiger partial charge in [0.15, 0.2) is 5.78 Å². The lowest BCUT2D eigenvalue weighted by Crippen LogP contribution is -2.09. The van der Waals surface area contributed by atoms with Gasteiger partial charge in [0.25, 0.3) is 0 Å². The van der Waals surface area contributed by atoms with Crippen molar-refractivity contribution in [2.45, 2.75) is 19.8 Å². The molecule has 0 bridgehead atoms. The van der Waals surface area contributed by atoms with E-state index in [1.54, 1.807) is 43.3 Å². The molecule has 0 heterocycles. The fourth-order valence-electron chi connectivity index (χ4n) is 2.50. The largest absolute Gasteiger partial charge is 0.481 e. The zero-order chi connectivity index (χ0) is 18.4. The van der Waals surface area contributed by atoms with E-state index in [1.807, 2.05) is 0 Å². The minimum atomic E-state index is -0.872. The number of nitrogens with zero attached hydrogens (tertiary/aromatic N) is 1. The Bertz CT molecular complexity index is 831. The summed E-state index contributed by atoms with van der Waals surface area (Å²) in [5.41, 5.74) is 9.59. The number of benzene rings is 2. The number of carboxylic acids is 1. The van der Waals surface area contributed by atoms with E-state index in [2.05, 4.69) is 10.4 Å². The Kier molecular flexibility index (Phi) is 5.73. The van der Waals surface area contributed by atoms with Gasteiger partial charge in [0.05, 0.1) is 0 Å². The third-order valence-electron chi connectivity index (χ3n) is 3.91. The molecular weight excluding hydrogens is 320 g/mol. The van der Waals surface area contributed by atoms with Crippen LogP contribution in [0.1, 0.15) is 33.5 Å². The van der Waals surface area contributed by atoms with Gasteiger partial charge >= 0.3 is 5.97 Å². The van der Waals surface area contributed by atoms with E-state index < -0.39 is 5.97 Å². The molecule has 0 unspecified atom stereocenters. The van der Waals surface area contributed by atoms with Crippen LogP contribution in [0.4, 0.5) is 11.4 Å². The first-order valence-corrected chi connectivity index (χ1v) is 7.66. The Balaban J connectivity index is 2.30. The number of rotatable bonds is 7. The number of carboxylic acid groups (broad SMARTS) is 1. The SMILES string of the molecule is Cc1c(CCC(=O)O)ccc(C(=O)c2cccc(NC=NN)c2)c1N. The minimum absolute atomic E-state index is 0.0178. The summed E-state index contributed by atoms with van der Waals surface area (Å²) in [6, 6.07) is 10.3. The zero-order valence-corrected chi connectivity index (χ0v) is 13.8. The van der Waals surface area contributed by atoms with Gasteiger partial charge < -0.3 is 22.0 Å². The number of hydrogen-bond acceptors (Lipinski definition) is 5. The first kappa shape index (κ1) is 18.0. The molecule has 0 spiro atoms. The molecule has 0 aromatic heterocycles. The number of aryl methyl sites for hydroxylation is 1. The average Bonchev–Trinajstić information content (AvgIpc) is 2.60. The molecule has 0 aliphatic carbocycles. The molecule has 0 atom stereocenters. The van der Waals surface area contributed by atoms with Crippen molar-refractivity contribution in [2.75, 3.05) is 11.1 Å². The van der Waals surface area contributed by atoms with Crippen LogP contribution in [0.3, 0.4) is 0 Å². The fourth-order valence-corrected chi connectivity index (χ4v) is 2.50. The highest BCUT2D eigenvalue weighted by molar-refractivity contribution is 6.13. The number of nitrogens with two attached hydrogens (primary N) is 2. The van der Waals surface area contributed by atoms with Crippen LogP contribution >= 0.6 is 0 Å². The van der Waals surface area contributed by atoms with Crippen LogP contribution in [0.15, 0.2) is 41.5 Å². The smallest absolute Gasteiger partial charge is 0.303 e. The summed E-state index contributed by atoms with van der Waals surface area (Å²) < 4.78 is 0. The van der Waals surface area contributed by atoms with Crippen LogP contribution in [0.2, 0.25) is 0 Å². The third kappa shape index (κ3) is 4.35. The van der Waals surface area contributed by atoms with Crippen molar-refractivity contribution in [3.63, 3.8) is 0 Å². The molecule has 7 nitrogen and oxygen atoms in total. The van der Waals surface area contributed by atoms with Crippen molar-refractivity contribution in [1.29, 1.82) is 0 Å². The molecule has 0 amide bonds. The molecule has 25 heavy (non-hydrogen) atoms. The lowest BCUT2D eigenvalue weighted by atomic mass is 9.94. The van der Waals surface area contributed by atoms with Gasteiger partial charge in [0.1, 0.15) is 6.34 Å². The maximum absolute atomic E-state index is 12.8. The second-order valence-corrected chi connectivity index (χ2v) is 5.54. The summed E-state index contributed by atoms with van der Waals surface area (Å²) in [6.07, 6.45) is 1.71. The molecular formula is C18H20N4O3. The Morgan fingerprint density at radius 2 is 2.04 bits per heavy atom. The number of hydrazone groups is 1. The number of ketones is 1. The number of carbonyl (C=O) groups is 2. The second kappa shape index (κ2) is 7.96. The van der Waals surface area contributed by atoms with Crippen molar-refractivity contribution in [1.82, 2.24) is 0 Å². The maximum Gasteiger partial charge on any atom is 0.303 e. The predicted octanol–water partition coefficient (Wildman–Crippen LogP) is 2.14. The van der Waals surface area contributed by atoms with Crippen LogP contribution in [0.25, 0.3) is 0 Å². The van der Waals surface area contributed by atoms with Gasteiger partial charge in [-0.1, -0.05) is 18.2 Å². The molecule has 0 radical (unpaired) electrons. The van der Waals surface area contributed by atoms with Gasteiger partial charge in [0, 0.05) is 28.9 Å². The molecule has 0 saturated carbocycles. The van der Waals surface area contributed by atoms with Gasteiger partial charge in [-0.25, -0.2) is 0 Å². The van der Waals surface area contributed by atoms with E-state index >= 15 is 0 Å². The highest BCUT2D eigenvalue weighted by Gasteiger charge is 2.16. The quantitative estimate of drug-likeness (QED) is 0.152. The number of nitrogen functional groups attached to an aromatic ring is 1. The van der Waals surface area contributed by atoms with Crippen LogP contribution in [0.5, 0.6) is 0 Å². The van der Waals surface area contributed by atoms with E-state index in [4.69, 9.17) is 16.7 Å². The van der Waals surface area contributed by atoms with Gasteiger partial charge in [-0.3, -0.25) is 9.59 Å². The van der Waals surface area contributed by atoms with Crippen molar-refractivity contribution in [2.24, 2.45) is 10.9 Å². The number of anilines is 2. The van der Waals surface area contributed by atoms with Crippen LogP contribution < -0.4 is 16.9 Å². The summed E-state index contributed by atoms with van der Waals surface area (Å²) in [5.74, 6) is 3.96. The number of aliphatic carboxylic acids is 1. The second-order valence-electron chi connectivity index (χ2n) is 5.54. The number of carbonyl (C=O) groups excluding carboxylic acids is 1. The van der Waals surface area contributed by atoms with E-state index in [0.717, 1.165) is 11.1 Å². The van der Waals surface area contributed by atoms with Gasteiger partial charge in [0.2, 0.25) is 0 Å². The van der Waals surface area contributed by atoms with Gasteiger partial charge in [-0.15, -0.1) is 0 Å². The fraction of sp³-hybridized carbons (Fsp3) is 0.167.